The molecular weight excluding hydrogens is 144 g/mol. The summed E-state index contributed by atoms with van der Waals surface area (Å²) < 4.78 is 10.6. The molecule has 11 heavy (non-hydrogen) atoms. The normalized spacial score (nSPS) is 28.7. The van der Waals surface area contributed by atoms with Gasteiger partial charge < -0.3 is 9.47 Å². The highest BCUT2D eigenvalue weighted by molar-refractivity contribution is 5.54. The molecule has 0 bridgehead atoms. The molecule has 0 amide bonds. The molecule has 0 unspecified atom stereocenters. The molecule has 1 saturated heterocycles. The molecule has 0 N–H and O–H groups in total. The third-order valence-corrected chi connectivity index (χ3v) is 2.38. The quantitative estimate of drug-likeness (QED) is 0.536. The Morgan fingerprint density at radius 3 is 1.64 bits per heavy atom. The molecule has 1 fully saturated rings. The second kappa shape index (κ2) is 2.29. The Balaban J connectivity index is 2.79. The minimum absolute atomic E-state index is 0.390. The minimum atomic E-state index is -0.694. The maximum atomic E-state index is 10.3. The zero-order valence-electron chi connectivity index (χ0n) is 7.38. The van der Waals surface area contributed by atoms with Gasteiger partial charge in [0, 0.05) is 0 Å². The maximum Gasteiger partial charge on any atom is 0.215 e. The van der Waals surface area contributed by atoms with Gasteiger partial charge in [0.05, 0.1) is 11.2 Å². The SMILES string of the molecule is CC1(C)OC(C=O)OC1(C)C. The van der Waals surface area contributed by atoms with E-state index in [9.17, 15) is 4.79 Å². The third kappa shape index (κ3) is 1.30. The highest BCUT2D eigenvalue weighted by atomic mass is 16.7. The van der Waals surface area contributed by atoms with E-state index in [0.717, 1.165) is 0 Å². The van der Waals surface area contributed by atoms with Gasteiger partial charge in [-0.2, -0.15) is 0 Å². The summed E-state index contributed by atoms with van der Waals surface area (Å²) in [7, 11) is 0. The van der Waals surface area contributed by atoms with E-state index >= 15 is 0 Å². The molecule has 1 heterocycles. The van der Waals surface area contributed by atoms with Gasteiger partial charge in [0.2, 0.25) is 6.29 Å². The van der Waals surface area contributed by atoms with Crippen LogP contribution in [0.3, 0.4) is 0 Å². The fraction of sp³-hybridized carbons (Fsp3) is 0.875. The van der Waals surface area contributed by atoms with Gasteiger partial charge in [-0.1, -0.05) is 0 Å². The van der Waals surface area contributed by atoms with E-state index in [-0.39, 0.29) is 0 Å². The monoisotopic (exact) mass is 158 g/mol. The summed E-state index contributed by atoms with van der Waals surface area (Å²) >= 11 is 0. The highest BCUT2D eigenvalue weighted by Crippen LogP contribution is 2.37. The van der Waals surface area contributed by atoms with E-state index in [1.807, 2.05) is 27.7 Å². The van der Waals surface area contributed by atoms with Crippen molar-refractivity contribution < 1.29 is 14.3 Å². The van der Waals surface area contributed by atoms with Crippen LogP contribution in [0.2, 0.25) is 0 Å². The van der Waals surface area contributed by atoms with Crippen LogP contribution in [0.5, 0.6) is 0 Å². The number of rotatable bonds is 1. The summed E-state index contributed by atoms with van der Waals surface area (Å²) in [6, 6.07) is 0. The molecule has 0 atom stereocenters. The summed E-state index contributed by atoms with van der Waals surface area (Å²) in [4.78, 5) is 10.3. The van der Waals surface area contributed by atoms with Crippen LogP contribution in [-0.2, 0) is 14.3 Å². The summed E-state index contributed by atoms with van der Waals surface area (Å²) in [5.41, 5.74) is -0.781. The van der Waals surface area contributed by atoms with Gasteiger partial charge in [-0.15, -0.1) is 0 Å². The minimum Gasteiger partial charge on any atom is -0.337 e. The largest absolute Gasteiger partial charge is 0.337 e. The fourth-order valence-electron chi connectivity index (χ4n) is 0.944. The second-order valence-corrected chi connectivity index (χ2v) is 3.76. The van der Waals surface area contributed by atoms with Crippen molar-refractivity contribution in [3.63, 3.8) is 0 Å². The summed E-state index contributed by atoms with van der Waals surface area (Å²) in [6.07, 6.45) is -0.0174. The summed E-state index contributed by atoms with van der Waals surface area (Å²) in [5, 5.41) is 0. The standard InChI is InChI=1S/C8H14O3/c1-7(2)8(3,4)11-6(5-9)10-7/h5-6H,1-4H3. The van der Waals surface area contributed by atoms with Gasteiger partial charge in [0.1, 0.15) is 0 Å². The van der Waals surface area contributed by atoms with E-state index in [4.69, 9.17) is 9.47 Å². The van der Waals surface area contributed by atoms with E-state index in [2.05, 4.69) is 0 Å². The number of hydrogen-bond acceptors (Lipinski definition) is 3. The predicted octanol–water partition coefficient (Wildman–Crippen LogP) is 1.12. The van der Waals surface area contributed by atoms with Crippen LogP contribution < -0.4 is 0 Å². The van der Waals surface area contributed by atoms with Crippen LogP contribution in [0.1, 0.15) is 27.7 Å². The van der Waals surface area contributed by atoms with Crippen LogP contribution in [0.25, 0.3) is 0 Å². The topological polar surface area (TPSA) is 35.5 Å². The average Bonchev–Trinajstić information content (AvgIpc) is 2.03. The zero-order chi connectivity index (χ0) is 8.70. The molecule has 0 aromatic rings. The molecule has 3 heteroatoms. The van der Waals surface area contributed by atoms with Crippen LogP contribution in [0, 0.1) is 0 Å². The van der Waals surface area contributed by atoms with Crippen LogP contribution in [0.15, 0.2) is 0 Å². The number of ether oxygens (including phenoxy) is 2. The van der Waals surface area contributed by atoms with Crippen molar-refractivity contribution >= 4 is 6.29 Å². The van der Waals surface area contributed by atoms with Crippen molar-refractivity contribution in [2.24, 2.45) is 0 Å². The first-order valence-electron chi connectivity index (χ1n) is 3.70. The number of carbonyl (C=O) groups excluding carboxylic acids is 1. The Kier molecular flexibility index (Phi) is 1.81. The average molecular weight is 158 g/mol. The Hall–Kier alpha value is -0.410. The Bertz CT molecular complexity index is 156. The lowest BCUT2D eigenvalue weighted by molar-refractivity contribution is -0.138. The molecule has 0 aliphatic carbocycles. The van der Waals surface area contributed by atoms with Crippen molar-refractivity contribution in [2.45, 2.75) is 45.2 Å². The second-order valence-electron chi connectivity index (χ2n) is 3.76. The molecule has 0 spiro atoms. The van der Waals surface area contributed by atoms with Crippen LogP contribution >= 0.6 is 0 Å². The first kappa shape index (κ1) is 8.68. The third-order valence-electron chi connectivity index (χ3n) is 2.38. The van der Waals surface area contributed by atoms with Crippen LogP contribution in [0.4, 0.5) is 0 Å². The van der Waals surface area contributed by atoms with Gasteiger partial charge in [0.25, 0.3) is 0 Å². The Labute approximate surface area is 66.7 Å². The molecule has 3 nitrogen and oxygen atoms in total. The number of aldehydes is 1. The lowest BCUT2D eigenvalue weighted by Crippen LogP contribution is -2.41. The van der Waals surface area contributed by atoms with Gasteiger partial charge in [-0.25, -0.2) is 0 Å². The van der Waals surface area contributed by atoms with E-state index in [0.29, 0.717) is 6.29 Å². The van der Waals surface area contributed by atoms with Crippen LogP contribution in [-0.4, -0.2) is 23.8 Å². The number of hydrogen-bond donors (Lipinski definition) is 0. The molecule has 1 rings (SSSR count). The molecule has 0 aromatic carbocycles. The Morgan fingerprint density at radius 1 is 1.09 bits per heavy atom. The zero-order valence-corrected chi connectivity index (χ0v) is 7.38. The van der Waals surface area contributed by atoms with Crippen molar-refractivity contribution in [3.05, 3.63) is 0 Å². The highest BCUT2D eigenvalue weighted by Gasteiger charge is 2.48. The first-order chi connectivity index (χ1) is 4.89. The van der Waals surface area contributed by atoms with Crippen molar-refractivity contribution in [2.75, 3.05) is 0 Å². The molecule has 0 radical (unpaired) electrons. The molecule has 0 aromatic heterocycles. The molecule has 1 aliphatic heterocycles. The summed E-state index contributed by atoms with van der Waals surface area (Å²) in [5.74, 6) is 0. The van der Waals surface area contributed by atoms with E-state index in [1.54, 1.807) is 0 Å². The summed E-state index contributed by atoms with van der Waals surface area (Å²) in [6.45, 7) is 7.65. The van der Waals surface area contributed by atoms with E-state index < -0.39 is 17.5 Å². The van der Waals surface area contributed by atoms with Gasteiger partial charge in [-0.05, 0) is 27.7 Å². The van der Waals surface area contributed by atoms with Crippen molar-refractivity contribution in [1.82, 2.24) is 0 Å². The number of carbonyl (C=O) groups is 1. The predicted molar refractivity (Wildman–Crippen MR) is 40.2 cm³/mol. The smallest absolute Gasteiger partial charge is 0.215 e. The molecule has 1 aliphatic rings. The molecule has 0 saturated carbocycles. The maximum absolute atomic E-state index is 10.3. The van der Waals surface area contributed by atoms with Crippen molar-refractivity contribution in [1.29, 1.82) is 0 Å². The van der Waals surface area contributed by atoms with Gasteiger partial charge in [0.15, 0.2) is 6.29 Å². The molecular formula is C8H14O3. The fourth-order valence-corrected chi connectivity index (χ4v) is 0.944. The lowest BCUT2D eigenvalue weighted by atomic mass is 9.90. The molecule has 64 valence electrons. The lowest BCUT2D eigenvalue weighted by Gasteiger charge is -2.30. The first-order valence-corrected chi connectivity index (χ1v) is 3.70. The Morgan fingerprint density at radius 2 is 1.45 bits per heavy atom. The van der Waals surface area contributed by atoms with Crippen molar-refractivity contribution in [3.8, 4) is 0 Å². The van der Waals surface area contributed by atoms with Gasteiger partial charge >= 0.3 is 0 Å². The van der Waals surface area contributed by atoms with Gasteiger partial charge in [-0.3, -0.25) is 4.79 Å². The van der Waals surface area contributed by atoms with E-state index in [1.165, 1.54) is 0 Å².